The zero-order chi connectivity index (χ0) is 12.3. The Morgan fingerprint density at radius 2 is 2.35 bits per heavy atom. The van der Waals surface area contributed by atoms with Crippen molar-refractivity contribution in [1.82, 2.24) is 14.9 Å². The number of aromatic amines is 1. The van der Waals surface area contributed by atoms with Gasteiger partial charge in [0.05, 0.1) is 6.20 Å². The lowest BCUT2D eigenvalue weighted by Gasteiger charge is -2.28. The van der Waals surface area contributed by atoms with Crippen molar-refractivity contribution in [2.45, 2.75) is 42.0 Å². The van der Waals surface area contributed by atoms with Crippen LogP contribution in [0.2, 0.25) is 0 Å². The molecule has 7 heteroatoms. The van der Waals surface area contributed by atoms with Gasteiger partial charge in [0, 0.05) is 11.3 Å². The largest absolute Gasteiger partial charge is 0.266 e. The zero-order valence-corrected chi connectivity index (χ0v) is 11.4. The van der Waals surface area contributed by atoms with Gasteiger partial charge in [0.25, 0.3) is 10.0 Å². The normalized spacial score (nSPS) is 25.9. The van der Waals surface area contributed by atoms with Gasteiger partial charge in [-0.3, -0.25) is 5.10 Å². The third kappa shape index (κ3) is 3.23. The van der Waals surface area contributed by atoms with E-state index in [0.29, 0.717) is 5.25 Å². The molecular formula is C10H17N3O2S2. The van der Waals surface area contributed by atoms with E-state index in [0.717, 1.165) is 19.3 Å². The molecule has 0 aromatic carbocycles. The topological polar surface area (TPSA) is 74.8 Å². The first-order chi connectivity index (χ1) is 8.12. The lowest BCUT2D eigenvalue weighted by atomic mass is 9.96. The molecule has 96 valence electrons. The second-order valence-electron chi connectivity index (χ2n) is 4.26. The predicted molar refractivity (Wildman–Crippen MR) is 68.5 cm³/mol. The van der Waals surface area contributed by atoms with Crippen LogP contribution in [-0.4, -0.2) is 36.2 Å². The first-order valence-electron chi connectivity index (χ1n) is 5.66. The van der Waals surface area contributed by atoms with E-state index in [-0.39, 0.29) is 11.1 Å². The number of sulfonamides is 1. The molecule has 2 atom stereocenters. The van der Waals surface area contributed by atoms with Gasteiger partial charge in [-0.15, -0.1) is 0 Å². The lowest BCUT2D eigenvalue weighted by molar-refractivity contribution is 0.420. The number of aromatic nitrogens is 2. The number of hydrogen-bond donors (Lipinski definition) is 2. The first-order valence-corrected chi connectivity index (χ1v) is 8.43. The minimum Gasteiger partial charge on any atom is -0.266 e. The molecule has 0 bridgehead atoms. The van der Waals surface area contributed by atoms with E-state index in [2.05, 4.69) is 21.2 Å². The molecule has 0 amide bonds. The molecule has 17 heavy (non-hydrogen) atoms. The summed E-state index contributed by atoms with van der Waals surface area (Å²) in [5.41, 5.74) is 0. The van der Waals surface area contributed by atoms with E-state index in [1.807, 2.05) is 11.8 Å². The number of rotatable bonds is 4. The van der Waals surface area contributed by atoms with Crippen molar-refractivity contribution in [1.29, 1.82) is 0 Å². The Balaban J connectivity index is 2.01. The second-order valence-corrected chi connectivity index (χ2v) is 7.08. The van der Waals surface area contributed by atoms with E-state index in [1.54, 1.807) is 0 Å². The Labute approximate surface area is 106 Å². The monoisotopic (exact) mass is 275 g/mol. The number of nitrogens with zero attached hydrogens (tertiary/aromatic N) is 1. The van der Waals surface area contributed by atoms with Crippen molar-refractivity contribution >= 4 is 21.8 Å². The molecule has 0 saturated heterocycles. The summed E-state index contributed by atoms with van der Waals surface area (Å²) >= 11 is 1.82. The Hall–Kier alpha value is -0.530. The summed E-state index contributed by atoms with van der Waals surface area (Å²) in [5, 5.41) is 6.86. The number of nitrogens with one attached hydrogen (secondary N) is 2. The SMILES string of the molecule is CSC1CCCC(NS(=O)(=O)c2ccn[nH]2)C1. The van der Waals surface area contributed by atoms with E-state index in [1.165, 1.54) is 18.7 Å². The maximum atomic E-state index is 12.0. The van der Waals surface area contributed by atoms with Gasteiger partial charge < -0.3 is 0 Å². The number of thioether (sulfide) groups is 1. The van der Waals surface area contributed by atoms with Crippen LogP contribution in [0.3, 0.4) is 0 Å². The Bertz CT molecular complexity index is 444. The summed E-state index contributed by atoms with van der Waals surface area (Å²) in [6.45, 7) is 0. The fourth-order valence-electron chi connectivity index (χ4n) is 2.14. The van der Waals surface area contributed by atoms with Crippen LogP contribution in [0.25, 0.3) is 0 Å². The summed E-state index contributed by atoms with van der Waals surface area (Å²) in [5.74, 6) is 0. The number of hydrogen-bond acceptors (Lipinski definition) is 4. The standard InChI is InChI=1S/C10H17N3O2S2/c1-16-9-4-2-3-8(7-9)13-17(14,15)10-5-6-11-12-10/h5-6,8-9,13H,2-4,7H2,1H3,(H,11,12). The van der Waals surface area contributed by atoms with Crippen LogP contribution in [0.15, 0.2) is 17.3 Å². The maximum Gasteiger partial charge on any atom is 0.257 e. The molecule has 0 aliphatic heterocycles. The summed E-state index contributed by atoms with van der Waals surface area (Å²) in [4.78, 5) is 0. The fourth-order valence-corrected chi connectivity index (χ4v) is 4.16. The van der Waals surface area contributed by atoms with Gasteiger partial charge in [-0.2, -0.15) is 16.9 Å². The van der Waals surface area contributed by atoms with Gasteiger partial charge in [0.2, 0.25) is 0 Å². The molecule has 1 aromatic rings. The average Bonchev–Trinajstić information content (AvgIpc) is 2.83. The van der Waals surface area contributed by atoms with Crippen molar-refractivity contribution in [3.05, 3.63) is 12.3 Å². The molecule has 1 aromatic heterocycles. The highest BCUT2D eigenvalue weighted by Crippen LogP contribution is 2.27. The quantitative estimate of drug-likeness (QED) is 0.870. The predicted octanol–water partition coefficient (Wildman–Crippen LogP) is 1.36. The minimum absolute atomic E-state index is 0.0505. The number of H-pyrrole nitrogens is 1. The molecule has 5 nitrogen and oxygen atoms in total. The smallest absolute Gasteiger partial charge is 0.257 e. The molecule has 0 spiro atoms. The highest BCUT2D eigenvalue weighted by Gasteiger charge is 2.26. The van der Waals surface area contributed by atoms with Crippen molar-refractivity contribution < 1.29 is 8.42 Å². The molecule has 2 unspecified atom stereocenters. The molecule has 0 radical (unpaired) electrons. The van der Waals surface area contributed by atoms with Crippen LogP contribution in [0, 0.1) is 0 Å². The van der Waals surface area contributed by atoms with Gasteiger partial charge in [-0.1, -0.05) is 6.42 Å². The zero-order valence-electron chi connectivity index (χ0n) is 9.72. The van der Waals surface area contributed by atoms with E-state index >= 15 is 0 Å². The van der Waals surface area contributed by atoms with E-state index in [9.17, 15) is 8.42 Å². The minimum atomic E-state index is -3.43. The summed E-state index contributed by atoms with van der Waals surface area (Å²) in [6.07, 6.45) is 7.63. The highest BCUT2D eigenvalue weighted by molar-refractivity contribution is 7.99. The Morgan fingerprint density at radius 1 is 1.53 bits per heavy atom. The molecule has 1 heterocycles. The van der Waals surface area contributed by atoms with Gasteiger partial charge in [0.15, 0.2) is 5.03 Å². The molecule has 1 saturated carbocycles. The fraction of sp³-hybridized carbons (Fsp3) is 0.700. The molecule has 1 aliphatic rings. The van der Waals surface area contributed by atoms with Gasteiger partial charge in [-0.05, 0) is 31.6 Å². The van der Waals surface area contributed by atoms with Crippen LogP contribution in [-0.2, 0) is 10.0 Å². The van der Waals surface area contributed by atoms with Crippen LogP contribution in [0.5, 0.6) is 0 Å². The van der Waals surface area contributed by atoms with Crippen molar-refractivity contribution in [3.8, 4) is 0 Å². The van der Waals surface area contributed by atoms with Crippen LogP contribution in [0.1, 0.15) is 25.7 Å². The van der Waals surface area contributed by atoms with Crippen LogP contribution < -0.4 is 4.72 Å². The highest BCUT2D eigenvalue weighted by atomic mass is 32.2. The van der Waals surface area contributed by atoms with Gasteiger partial charge >= 0.3 is 0 Å². The Kier molecular flexibility index (Phi) is 4.11. The molecular weight excluding hydrogens is 258 g/mol. The van der Waals surface area contributed by atoms with Crippen molar-refractivity contribution in [2.75, 3.05) is 6.26 Å². The van der Waals surface area contributed by atoms with Crippen LogP contribution >= 0.6 is 11.8 Å². The lowest BCUT2D eigenvalue weighted by Crippen LogP contribution is -2.39. The summed E-state index contributed by atoms with van der Waals surface area (Å²) in [7, 11) is -3.43. The third-order valence-electron chi connectivity index (χ3n) is 3.05. The van der Waals surface area contributed by atoms with Crippen molar-refractivity contribution in [3.63, 3.8) is 0 Å². The molecule has 2 N–H and O–H groups in total. The van der Waals surface area contributed by atoms with Crippen molar-refractivity contribution in [2.24, 2.45) is 0 Å². The van der Waals surface area contributed by atoms with Gasteiger partial charge in [0.1, 0.15) is 0 Å². The Morgan fingerprint density at radius 3 is 3.00 bits per heavy atom. The van der Waals surface area contributed by atoms with E-state index in [4.69, 9.17) is 0 Å². The molecule has 1 aliphatic carbocycles. The molecule has 1 fully saturated rings. The summed E-state index contributed by atoms with van der Waals surface area (Å²) < 4.78 is 26.7. The third-order valence-corrected chi connectivity index (χ3v) is 5.59. The first kappa shape index (κ1) is 12.9. The maximum absolute atomic E-state index is 12.0. The summed E-state index contributed by atoms with van der Waals surface area (Å²) in [6, 6.07) is 1.52. The van der Waals surface area contributed by atoms with Crippen LogP contribution in [0.4, 0.5) is 0 Å². The van der Waals surface area contributed by atoms with E-state index < -0.39 is 10.0 Å². The average molecular weight is 275 g/mol. The second kappa shape index (κ2) is 5.41. The molecule has 2 rings (SSSR count). The van der Waals surface area contributed by atoms with Gasteiger partial charge in [-0.25, -0.2) is 13.1 Å².